The van der Waals surface area contributed by atoms with Crippen molar-refractivity contribution in [3.05, 3.63) is 64.7 Å². The second-order valence-electron chi connectivity index (χ2n) is 6.45. The van der Waals surface area contributed by atoms with E-state index in [1.54, 1.807) is 38.3 Å². The quantitative estimate of drug-likeness (QED) is 0.861. The van der Waals surface area contributed by atoms with Gasteiger partial charge in [-0.15, -0.1) is 0 Å². The SMILES string of the molecule is COc1ccc(C)cc1CN1C(=O)NC(C)(c2ccc(C#N)cc2)C1=O. The lowest BCUT2D eigenvalue weighted by Crippen LogP contribution is -2.40. The van der Waals surface area contributed by atoms with Crippen molar-refractivity contribution in [1.82, 2.24) is 10.2 Å². The van der Waals surface area contributed by atoms with Gasteiger partial charge in [-0.25, -0.2) is 4.79 Å². The number of nitrogens with one attached hydrogen (secondary N) is 1. The van der Waals surface area contributed by atoms with Gasteiger partial charge in [0.15, 0.2) is 0 Å². The topological polar surface area (TPSA) is 82.4 Å². The Morgan fingerprint density at radius 2 is 1.88 bits per heavy atom. The van der Waals surface area contributed by atoms with Crippen molar-refractivity contribution in [2.45, 2.75) is 25.9 Å². The number of ether oxygens (including phenoxy) is 1. The van der Waals surface area contributed by atoms with E-state index in [2.05, 4.69) is 5.32 Å². The Bertz CT molecular complexity index is 915. The van der Waals surface area contributed by atoms with Crippen LogP contribution in [-0.4, -0.2) is 23.9 Å². The number of nitrogens with zero attached hydrogens (tertiary/aromatic N) is 2. The molecule has 132 valence electrons. The molecule has 3 rings (SSSR count). The van der Waals surface area contributed by atoms with Crippen molar-refractivity contribution < 1.29 is 14.3 Å². The minimum Gasteiger partial charge on any atom is -0.496 e. The molecule has 1 unspecified atom stereocenters. The van der Waals surface area contributed by atoms with Crippen LogP contribution >= 0.6 is 0 Å². The molecule has 6 nitrogen and oxygen atoms in total. The Balaban J connectivity index is 1.91. The fourth-order valence-corrected chi connectivity index (χ4v) is 3.12. The second-order valence-corrected chi connectivity index (χ2v) is 6.45. The average Bonchev–Trinajstić information content (AvgIpc) is 2.86. The number of urea groups is 1. The molecule has 0 bridgehead atoms. The first-order valence-electron chi connectivity index (χ1n) is 8.17. The third-order valence-electron chi connectivity index (χ3n) is 4.63. The number of hydrogen-bond donors (Lipinski definition) is 1. The molecule has 0 aromatic heterocycles. The summed E-state index contributed by atoms with van der Waals surface area (Å²) in [7, 11) is 1.56. The minimum atomic E-state index is -1.16. The predicted octanol–water partition coefficient (Wildman–Crippen LogP) is 2.84. The average molecular weight is 349 g/mol. The molecule has 6 heteroatoms. The number of rotatable bonds is 4. The molecule has 1 atom stereocenters. The summed E-state index contributed by atoms with van der Waals surface area (Å²) in [6.07, 6.45) is 0. The van der Waals surface area contributed by atoms with E-state index in [4.69, 9.17) is 10.00 Å². The molecule has 26 heavy (non-hydrogen) atoms. The van der Waals surface area contributed by atoms with E-state index in [1.807, 2.05) is 31.2 Å². The minimum absolute atomic E-state index is 0.126. The fraction of sp³-hybridized carbons (Fsp3) is 0.250. The standard InChI is InChI=1S/C20H19N3O3/c1-13-4-9-17(26-3)15(10-13)12-23-18(24)20(2,22-19(23)25)16-7-5-14(11-21)6-8-16/h4-10H,12H2,1-3H3,(H,22,25). The second kappa shape index (κ2) is 6.52. The first-order valence-corrected chi connectivity index (χ1v) is 8.17. The zero-order chi connectivity index (χ0) is 18.9. The van der Waals surface area contributed by atoms with E-state index in [-0.39, 0.29) is 12.5 Å². The molecule has 2 aromatic carbocycles. The van der Waals surface area contributed by atoms with Crippen molar-refractivity contribution in [1.29, 1.82) is 5.26 Å². The van der Waals surface area contributed by atoms with Gasteiger partial charge >= 0.3 is 6.03 Å². The molecule has 3 amide bonds. The van der Waals surface area contributed by atoms with Crippen molar-refractivity contribution >= 4 is 11.9 Å². The van der Waals surface area contributed by atoms with Crippen LogP contribution in [0.2, 0.25) is 0 Å². The number of hydrogen-bond acceptors (Lipinski definition) is 4. The van der Waals surface area contributed by atoms with E-state index in [1.165, 1.54) is 4.90 Å². The van der Waals surface area contributed by atoms with Crippen LogP contribution in [0.3, 0.4) is 0 Å². The van der Waals surface area contributed by atoms with Gasteiger partial charge in [0.05, 0.1) is 25.3 Å². The van der Waals surface area contributed by atoms with Crippen LogP contribution in [0.4, 0.5) is 4.79 Å². The van der Waals surface area contributed by atoms with Crippen LogP contribution in [0.15, 0.2) is 42.5 Å². The number of benzene rings is 2. The normalized spacial score (nSPS) is 19.2. The van der Waals surface area contributed by atoms with Gasteiger partial charge in [0.25, 0.3) is 5.91 Å². The number of amides is 3. The molecule has 1 saturated heterocycles. The van der Waals surface area contributed by atoms with Gasteiger partial charge in [0.2, 0.25) is 0 Å². The van der Waals surface area contributed by atoms with Crippen LogP contribution in [0, 0.1) is 18.3 Å². The van der Waals surface area contributed by atoms with Crippen molar-refractivity contribution in [2.75, 3.05) is 7.11 Å². The highest BCUT2D eigenvalue weighted by atomic mass is 16.5. The molecule has 1 N–H and O–H groups in total. The number of nitriles is 1. The van der Waals surface area contributed by atoms with Crippen molar-refractivity contribution in [2.24, 2.45) is 0 Å². The van der Waals surface area contributed by atoms with Crippen LogP contribution in [0.1, 0.15) is 29.2 Å². The molecular formula is C20H19N3O3. The summed E-state index contributed by atoms with van der Waals surface area (Å²) >= 11 is 0. The maximum Gasteiger partial charge on any atom is 0.325 e. The molecule has 1 aliphatic heterocycles. The summed E-state index contributed by atoms with van der Waals surface area (Å²) in [6, 6.07) is 13.9. The third-order valence-corrected chi connectivity index (χ3v) is 4.63. The smallest absolute Gasteiger partial charge is 0.325 e. The Morgan fingerprint density at radius 3 is 2.50 bits per heavy atom. The Kier molecular flexibility index (Phi) is 4.39. The Hall–Kier alpha value is -3.33. The van der Waals surface area contributed by atoms with Crippen molar-refractivity contribution in [3.8, 4) is 11.8 Å². The van der Waals surface area contributed by atoms with E-state index in [0.29, 0.717) is 16.9 Å². The zero-order valence-corrected chi connectivity index (χ0v) is 14.9. The summed E-state index contributed by atoms with van der Waals surface area (Å²) in [5, 5.41) is 11.7. The van der Waals surface area contributed by atoms with E-state index >= 15 is 0 Å². The number of carbonyl (C=O) groups is 2. The summed E-state index contributed by atoms with van der Waals surface area (Å²) in [6.45, 7) is 3.74. The largest absolute Gasteiger partial charge is 0.496 e. The first kappa shape index (κ1) is 17.5. The number of imide groups is 1. The Labute approximate surface area is 152 Å². The van der Waals surface area contributed by atoms with Gasteiger partial charge in [-0.1, -0.05) is 29.8 Å². The highest BCUT2D eigenvalue weighted by Gasteiger charge is 2.49. The summed E-state index contributed by atoms with van der Waals surface area (Å²) in [4.78, 5) is 26.7. The third kappa shape index (κ3) is 2.88. The molecule has 0 saturated carbocycles. The van der Waals surface area contributed by atoms with Crippen molar-refractivity contribution in [3.63, 3.8) is 0 Å². The van der Waals surface area contributed by atoms with Gasteiger partial charge in [-0.05, 0) is 37.6 Å². The molecule has 0 radical (unpaired) electrons. The van der Waals surface area contributed by atoms with Gasteiger partial charge < -0.3 is 10.1 Å². The maximum absolute atomic E-state index is 13.0. The lowest BCUT2D eigenvalue weighted by molar-refractivity contribution is -0.131. The summed E-state index contributed by atoms with van der Waals surface area (Å²) in [5.74, 6) is 0.291. The molecule has 0 aliphatic carbocycles. The monoisotopic (exact) mass is 349 g/mol. The molecule has 1 heterocycles. The van der Waals surface area contributed by atoms with E-state index < -0.39 is 11.6 Å². The highest BCUT2D eigenvalue weighted by Crippen LogP contribution is 2.31. The first-order chi connectivity index (χ1) is 12.4. The molecular weight excluding hydrogens is 330 g/mol. The number of methoxy groups -OCH3 is 1. The van der Waals surface area contributed by atoms with E-state index in [9.17, 15) is 9.59 Å². The lowest BCUT2D eigenvalue weighted by Gasteiger charge is -2.22. The fourth-order valence-electron chi connectivity index (χ4n) is 3.12. The summed E-state index contributed by atoms with van der Waals surface area (Å²) in [5.41, 5.74) is 1.74. The zero-order valence-electron chi connectivity index (χ0n) is 14.9. The maximum atomic E-state index is 13.0. The van der Waals surface area contributed by atoms with Crippen LogP contribution in [0.5, 0.6) is 5.75 Å². The molecule has 1 aliphatic rings. The van der Waals surface area contributed by atoms with Gasteiger partial charge in [-0.3, -0.25) is 9.69 Å². The Morgan fingerprint density at radius 1 is 1.19 bits per heavy atom. The summed E-state index contributed by atoms with van der Waals surface area (Å²) < 4.78 is 5.34. The number of aryl methyl sites for hydroxylation is 1. The number of carbonyl (C=O) groups excluding carboxylic acids is 2. The predicted molar refractivity (Wildman–Crippen MR) is 95.3 cm³/mol. The lowest BCUT2D eigenvalue weighted by atomic mass is 9.91. The molecule has 0 spiro atoms. The van der Waals surface area contributed by atoms with Crippen LogP contribution in [-0.2, 0) is 16.9 Å². The van der Waals surface area contributed by atoms with Crippen LogP contribution in [0.25, 0.3) is 0 Å². The molecule has 1 fully saturated rings. The van der Waals surface area contributed by atoms with E-state index in [0.717, 1.165) is 11.1 Å². The van der Waals surface area contributed by atoms with Gasteiger partial charge in [0.1, 0.15) is 11.3 Å². The van der Waals surface area contributed by atoms with Crippen LogP contribution < -0.4 is 10.1 Å². The van der Waals surface area contributed by atoms with Gasteiger partial charge in [0, 0.05) is 5.56 Å². The molecule has 2 aromatic rings. The van der Waals surface area contributed by atoms with Gasteiger partial charge in [-0.2, -0.15) is 5.26 Å². The highest BCUT2D eigenvalue weighted by molar-refractivity contribution is 6.07.